The van der Waals surface area contributed by atoms with E-state index in [1.165, 1.54) is 0 Å². The quantitative estimate of drug-likeness (QED) is 0.728. The minimum Gasteiger partial charge on any atom is -0.345 e. The van der Waals surface area contributed by atoms with Gasteiger partial charge in [0.05, 0.1) is 17.1 Å². The van der Waals surface area contributed by atoms with Gasteiger partial charge in [0.2, 0.25) is 5.91 Å². The molecule has 1 saturated heterocycles. The van der Waals surface area contributed by atoms with Crippen molar-refractivity contribution in [3.05, 3.63) is 30.1 Å². The standard InChI is InChI=1S/C18H26N4O3S.2ClH/c1-4-22-15-8-6-5-7-14(15)21-16(22)13(2)20-17(23)18(26(3,24)25)9-11-19-12-10-18;;/h5-8,13,19H,4,9-12H2,1-3H3,(H,20,23);2*1H. The van der Waals surface area contributed by atoms with E-state index < -0.39 is 20.5 Å². The average Bonchev–Trinajstić information content (AvgIpc) is 3.00. The Morgan fingerprint density at radius 2 is 1.89 bits per heavy atom. The van der Waals surface area contributed by atoms with E-state index in [-0.39, 0.29) is 43.7 Å². The first kappa shape index (κ1) is 24.7. The number of benzene rings is 1. The summed E-state index contributed by atoms with van der Waals surface area (Å²) in [5, 5.41) is 6.05. The van der Waals surface area contributed by atoms with Crippen molar-refractivity contribution in [2.24, 2.45) is 0 Å². The Balaban J connectivity index is 0.00000196. The third kappa shape index (κ3) is 4.30. The van der Waals surface area contributed by atoms with Crippen molar-refractivity contribution < 1.29 is 13.2 Å². The predicted octanol–water partition coefficient (Wildman–Crippen LogP) is 2.24. The van der Waals surface area contributed by atoms with Gasteiger partial charge in [-0.3, -0.25) is 4.79 Å². The molecule has 1 aromatic heterocycles. The summed E-state index contributed by atoms with van der Waals surface area (Å²) in [5.41, 5.74) is 1.87. The highest BCUT2D eigenvalue weighted by Gasteiger charge is 2.49. The largest absolute Gasteiger partial charge is 0.345 e. The van der Waals surface area contributed by atoms with Crippen LogP contribution in [0.2, 0.25) is 0 Å². The fraction of sp³-hybridized carbons (Fsp3) is 0.556. The maximum Gasteiger partial charge on any atom is 0.242 e. The number of halogens is 2. The molecule has 158 valence electrons. The number of hydrogen-bond donors (Lipinski definition) is 2. The highest BCUT2D eigenvalue weighted by molar-refractivity contribution is 7.92. The lowest BCUT2D eigenvalue weighted by Crippen LogP contribution is -2.57. The van der Waals surface area contributed by atoms with Gasteiger partial charge in [-0.2, -0.15) is 0 Å². The van der Waals surface area contributed by atoms with Gasteiger partial charge in [-0.15, -0.1) is 24.8 Å². The second-order valence-electron chi connectivity index (χ2n) is 6.91. The Hall–Kier alpha value is -1.35. The van der Waals surface area contributed by atoms with E-state index in [2.05, 4.69) is 20.2 Å². The molecule has 0 bridgehead atoms. The molecule has 3 rings (SSSR count). The van der Waals surface area contributed by atoms with Gasteiger partial charge in [-0.25, -0.2) is 13.4 Å². The first-order valence-corrected chi connectivity index (χ1v) is 10.9. The summed E-state index contributed by atoms with van der Waals surface area (Å²) >= 11 is 0. The molecule has 1 fully saturated rings. The Morgan fingerprint density at radius 1 is 1.29 bits per heavy atom. The summed E-state index contributed by atoms with van der Waals surface area (Å²) in [6.45, 7) is 5.63. The van der Waals surface area contributed by atoms with Crippen LogP contribution in [-0.4, -0.2) is 48.0 Å². The molecule has 1 unspecified atom stereocenters. The summed E-state index contributed by atoms with van der Waals surface area (Å²) in [7, 11) is -3.53. The third-order valence-electron chi connectivity index (χ3n) is 5.27. The molecule has 0 radical (unpaired) electrons. The van der Waals surface area contributed by atoms with Crippen molar-refractivity contribution >= 4 is 51.6 Å². The van der Waals surface area contributed by atoms with Gasteiger partial charge in [0.15, 0.2) is 14.6 Å². The van der Waals surface area contributed by atoms with Crippen LogP contribution in [0.3, 0.4) is 0 Å². The molecular weight excluding hydrogens is 423 g/mol. The molecular formula is C18H28Cl2N4O3S. The fourth-order valence-electron chi connectivity index (χ4n) is 3.75. The van der Waals surface area contributed by atoms with Crippen LogP contribution >= 0.6 is 24.8 Å². The Labute approximate surface area is 178 Å². The van der Waals surface area contributed by atoms with Crippen LogP contribution in [0, 0.1) is 0 Å². The van der Waals surface area contributed by atoms with Crippen LogP contribution in [0.25, 0.3) is 11.0 Å². The second kappa shape index (κ2) is 9.43. The maximum atomic E-state index is 13.0. The number of fused-ring (bicyclic) bond motifs is 1. The molecule has 2 heterocycles. The van der Waals surface area contributed by atoms with Crippen LogP contribution in [0.1, 0.15) is 38.6 Å². The van der Waals surface area contributed by atoms with Crippen LogP contribution in [0.4, 0.5) is 0 Å². The van der Waals surface area contributed by atoms with E-state index >= 15 is 0 Å². The molecule has 7 nitrogen and oxygen atoms in total. The lowest BCUT2D eigenvalue weighted by Gasteiger charge is -2.35. The van der Waals surface area contributed by atoms with Gasteiger partial charge in [-0.05, 0) is 51.9 Å². The molecule has 0 saturated carbocycles. The molecule has 2 N–H and O–H groups in total. The topological polar surface area (TPSA) is 93.1 Å². The van der Waals surface area contributed by atoms with Gasteiger partial charge >= 0.3 is 0 Å². The first-order chi connectivity index (χ1) is 12.3. The fourth-order valence-corrected chi connectivity index (χ4v) is 5.09. The molecule has 1 aromatic carbocycles. The summed E-state index contributed by atoms with van der Waals surface area (Å²) < 4.78 is 25.5. The number of amides is 1. The van der Waals surface area contributed by atoms with Crippen molar-refractivity contribution in [2.75, 3.05) is 19.3 Å². The van der Waals surface area contributed by atoms with Crippen molar-refractivity contribution in [3.63, 3.8) is 0 Å². The van der Waals surface area contributed by atoms with Gasteiger partial charge in [0.1, 0.15) is 5.82 Å². The van der Waals surface area contributed by atoms with Crippen molar-refractivity contribution in [2.45, 2.75) is 44.0 Å². The summed E-state index contributed by atoms with van der Waals surface area (Å²) in [6.07, 6.45) is 1.73. The SMILES string of the molecule is CCn1c(C(C)NC(=O)C2(S(C)(=O)=O)CCNCC2)nc2ccccc21.Cl.Cl. The number of aromatic nitrogens is 2. The van der Waals surface area contributed by atoms with Crippen molar-refractivity contribution in [3.8, 4) is 0 Å². The minimum absolute atomic E-state index is 0. The van der Waals surface area contributed by atoms with E-state index in [4.69, 9.17) is 0 Å². The summed E-state index contributed by atoms with van der Waals surface area (Å²) in [4.78, 5) is 17.7. The van der Waals surface area contributed by atoms with Crippen molar-refractivity contribution in [1.82, 2.24) is 20.2 Å². The van der Waals surface area contributed by atoms with Gasteiger partial charge in [0, 0.05) is 12.8 Å². The van der Waals surface area contributed by atoms with E-state index in [9.17, 15) is 13.2 Å². The Morgan fingerprint density at radius 3 is 2.46 bits per heavy atom. The number of nitrogens with one attached hydrogen (secondary N) is 2. The molecule has 1 aliphatic rings. The number of hydrogen-bond acceptors (Lipinski definition) is 5. The normalized spacial score (nSPS) is 17.2. The van der Waals surface area contributed by atoms with Crippen LogP contribution < -0.4 is 10.6 Å². The highest BCUT2D eigenvalue weighted by Crippen LogP contribution is 2.29. The number of piperidine rings is 1. The number of carbonyl (C=O) groups is 1. The molecule has 10 heteroatoms. The van der Waals surface area contributed by atoms with Gasteiger partial charge < -0.3 is 15.2 Å². The minimum atomic E-state index is -3.53. The lowest BCUT2D eigenvalue weighted by molar-refractivity contribution is -0.125. The van der Waals surface area contributed by atoms with E-state index in [0.717, 1.165) is 29.7 Å². The van der Waals surface area contributed by atoms with E-state index in [0.29, 0.717) is 13.1 Å². The van der Waals surface area contributed by atoms with Crippen LogP contribution in [0.5, 0.6) is 0 Å². The number of aryl methyl sites for hydroxylation is 1. The zero-order valence-electron chi connectivity index (χ0n) is 16.3. The molecule has 0 spiro atoms. The number of imidazole rings is 1. The molecule has 1 aliphatic heterocycles. The maximum absolute atomic E-state index is 13.0. The molecule has 1 atom stereocenters. The smallest absolute Gasteiger partial charge is 0.242 e. The monoisotopic (exact) mass is 450 g/mol. The number of para-hydroxylation sites is 2. The zero-order chi connectivity index (χ0) is 18.9. The van der Waals surface area contributed by atoms with Crippen molar-refractivity contribution in [1.29, 1.82) is 0 Å². The number of nitrogens with zero attached hydrogens (tertiary/aromatic N) is 2. The average molecular weight is 451 g/mol. The van der Waals surface area contributed by atoms with E-state index in [1.807, 2.05) is 38.1 Å². The molecule has 0 aliphatic carbocycles. The zero-order valence-corrected chi connectivity index (χ0v) is 18.7. The molecule has 28 heavy (non-hydrogen) atoms. The Bertz CT molecular complexity index is 924. The number of carbonyl (C=O) groups excluding carboxylic acids is 1. The Kier molecular flexibility index (Phi) is 8.32. The van der Waals surface area contributed by atoms with Crippen LogP contribution in [0.15, 0.2) is 24.3 Å². The predicted molar refractivity (Wildman–Crippen MR) is 116 cm³/mol. The van der Waals surface area contributed by atoms with E-state index in [1.54, 1.807) is 0 Å². The lowest BCUT2D eigenvalue weighted by atomic mass is 9.95. The summed E-state index contributed by atoms with van der Waals surface area (Å²) in [5.74, 6) is 0.309. The summed E-state index contributed by atoms with van der Waals surface area (Å²) in [6, 6.07) is 7.43. The highest BCUT2D eigenvalue weighted by atomic mass is 35.5. The third-order valence-corrected chi connectivity index (χ3v) is 7.28. The van der Waals surface area contributed by atoms with Gasteiger partial charge in [0.25, 0.3) is 0 Å². The first-order valence-electron chi connectivity index (χ1n) is 8.96. The van der Waals surface area contributed by atoms with Gasteiger partial charge in [-0.1, -0.05) is 12.1 Å². The molecule has 1 amide bonds. The van der Waals surface area contributed by atoms with Crippen LogP contribution in [-0.2, 0) is 21.2 Å². The number of sulfone groups is 1. The molecule has 2 aromatic rings. The number of rotatable bonds is 5. The second-order valence-corrected chi connectivity index (χ2v) is 9.24.